The Balaban J connectivity index is 0.00000289. The van der Waals surface area contributed by atoms with Gasteiger partial charge < -0.3 is 14.6 Å². The zero-order valence-electron chi connectivity index (χ0n) is 17.2. The summed E-state index contributed by atoms with van der Waals surface area (Å²) in [5.74, 6) is -0.778. The molecule has 2 unspecified atom stereocenters. The average molecular weight is 469 g/mol. The molecule has 8 nitrogen and oxygen atoms in total. The number of alkyl halides is 3. The average Bonchev–Trinajstić information content (AvgIpc) is 3.32. The first kappa shape index (κ1) is 23.6. The van der Waals surface area contributed by atoms with E-state index in [-0.39, 0.29) is 31.4 Å². The first-order valence-corrected chi connectivity index (χ1v) is 9.50. The van der Waals surface area contributed by atoms with E-state index >= 15 is 0 Å². The van der Waals surface area contributed by atoms with Crippen molar-refractivity contribution in [3.8, 4) is 6.07 Å². The summed E-state index contributed by atoms with van der Waals surface area (Å²) in [5.41, 5.74) is -1.34. The number of imidazole rings is 1. The molecule has 0 bridgehead atoms. The summed E-state index contributed by atoms with van der Waals surface area (Å²) in [5, 5.41) is 24.1. The Kier molecular flexibility index (Phi) is 6.22. The number of nitriles is 1. The normalized spacial score (nSPS) is 17.6. The van der Waals surface area contributed by atoms with Gasteiger partial charge in [0.05, 0.1) is 41.6 Å². The lowest BCUT2D eigenvalue weighted by molar-refractivity contribution is -0.122. The van der Waals surface area contributed by atoms with Crippen LogP contribution in [0.4, 0.5) is 13.2 Å². The van der Waals surface area contributed by atoms with E-state index in [2.05, 4.69) is 10.1 Å². The van der Waals surface area contributed by atoms with Crippen molar-refractivity contribution in [3.63, 3.8) is 0 Å². The summed E-state index contributed by atoms with van der Waals surface area (Å²) in [4.78, 5) is 18.7. The number of hydrogen-bond acceptors (Lipinski definition) is 5. The molecule has 3 heterocycles. The number of benzene rings is 1. The van der Waals surface area contributed by atoms with Crippen LogP contribution in [0.15, 0.2) is 24.4 Å². The van der Waals surface area contributed by atoms with Crippen LogP contribution in [0.5, 0.6) is 0 Å². The molecule has 2 atom stereocenters. The van der Waals surface area contributed by atoms with Gasteiger partial charge in [0.15, 0.2) is 0 Å². The van der Waals surface area contributed by atoms with Crippen LogP contribution in [0, 0.1) is 11.3 Å². The molecule has 0 radical (unpaired) electrons. The van der Waals surface area contributed by atoms with E-state index in [0.717, 1.165) is 0 Å². The molecule has 1 aromatic carbocycles. The number of carbonyl (C=O) groups excluding carboxylic acids is 1. The van der Waals surface area contributed by atoms with E-state index in [1.807, 2.05) is 6.07 Å². The summed E-state index contributed by atoms with van der Waals surface area (Å²) in [6.07, 6.45) is -2.08. The Hall–Kier alpha value is -3.10. The maximum absolute atomic E-state index is 13.3. The lowest BCUT2D eigenvalue weighted by Gasteiger charge is -2.35. The second-order valence-electron chi connectivity index (χ2n) is 7.65. The van der Waals surface area contributed by atoms with Gasteiger partial charge in [0.1, 0.15) is 18.2 Å². The van der Waals surface area contributed by atoms with Crippen LogP contribution in [0.3, 0.4) is 0 Å². The number of aliphatic hydroxyl groups is 1. The number of nitrogens with zero attached hydrogens (tertiary/aromatic N) is 6. The molecule has 3 aromatic rings. The van der Waals surface area contributed by atoms with Gasteiger partial charge in [-0.1, -0.05) is 0 Å². The standard InChI is InChI=1S/C20H19F3N6O2.ClH/c1-11-8-28(9-13-7-25-19(29(11)13)20(31,10-21)18(22)23)17(30)16-14-4-3-12(6-24)5-15(14)26-27(16)2;/h3-5,7,11,18,31H,8-10H2,1-2H3;1H. The molecule has 1 amide bonds. The van der Waals surface area contributed by atoms with Crippen molar-refractivity contribution in [2.24, 2.45) is 7.05 Å². The topological polar surface area (TPSA) is 100.0 Å². The third kappa shape index (κ3) is 3.49. The Bertz CT molecular complexity index is 1220. The number of aryl methyl sites for hydroxylation is 1. The third-order valence-electron chi connectivity index (χ3n) is 5.56. The molecular weight excluding hydrogens is 449 g/mol. The summed E-state index contributed by atoms with van der Waals surface area (Å²) in [7, 11) is 1.62. The van der Waals surface area contributed by atoms with Crippen LogP contribution in [0.1, 0.15) is 40.5 Å². The molecule has 170 valence electrons. The Labute approximate surface area is 187 Å². The van der Waals surface area contributed by atoms with E-state index in [1.165, 1.54) is 20.3 Å². The number of fused-ring (bicyclic) bond motifs is 2. The van der Waals surface area contributed by atoms with Crippen LogP contribution in [-0.2, 0) is 19.2 Å². The predicted octanol–water partition coefficient (Wildman–Crippen LogP) is 2.70. The lowest BCUT2D eigenvalue weighted by atomic mass is 10.0. The van der Waals surface area contributed by atoms with E-state index in [1.54, 1.807) is 32.2 Å². The van der Waals surface area contributed by atoms with Gasteiger partial charge in [0.2, 0.25) is 5.60 Å². The van der Waals surface area contributed by atoms with Gasteiger partial charge in [-0.3, -0.25) is 9.48 Å². The van der Waals surface area contributed by atoms with Gasteiger partial charge in [-0.05, 0) is 25.1 Å². The highest BCUT2D eigenvalue weighted by molar-refractivity contribution is 6.05. The minimum atomic E-state index is -3.35. The van der Waals surface area contributed by atoms with Crippen molar-refractivity contribution in [3.05, 3.63) is 47.2 Å². The molecule has 12 heteroatoms. The van der Waals surface area contributed by atoms with Crippen molar-refractivity contribution in [2.75, 3.05) is 13.2 Å². The fourth-order valence-corrected chi connectivity index (χ4v) is 4.03. The molecule has 1 aliphatic heterocycles. The van der Waals surface area contributed by atoms with Crippen molar-refractivity contribution >= 4 is 29.2 Å². The molecule has 0 aliphatic carbocycles. The van der Waals surface area contributed by atoms with Gasteiger partial charge in [-0.25, -0.2) is 18.2 Å². The summed E-state index contributed by atoms with van der Waals surface area (Å²) >= 11 is 0. The highest BCUT2D eigenvalue weighted by atomic mass is 35.5. The minimum Gasteiger partial charge on any atom is -0.374 e. The molecule has 1 N–H and O–H groups in total. The fraction of sp³-hybridized carbons (Fsp3) is 0.400. The number of halogens is 4. The highest BCUT2D eigenvalue weighted by Crippen LogP contribution is 2.34. The van der Waals surface area contributed by atoms with E-state index in [4.69, 9.17) is 5.26 Å². The first-order valence-electron chi connectivity index (χ1n) is 9.50. The molecule has 2 aromatic heterocycles. The number of amides is 1. The zero-order chi connectivity index (χ0) is 22.5. The van der Waals surface area contributed by atoms with Crippen LogP contribution in [0.2, 0.25) is 0 Å². The number of carbonyl (C=O) groups is 1. The van der Waals surface area contributed by atoms with Gasteiger partial charge in [0, 0.05) is 19.0 Å². The highest BCUT2D eigenvalue weighted by Gasteiger charge is 2.46. The van der Waals surface area contributed by atoms with Gasteiger partial charge in [-0.15, -0.1) is 12.4 Å². The molecule has 0 fully saturated rings. The minimum absolute atomic E-state index is 0. The van der Waals surface area contributed by atoms with E-state index in [9.17, 15) is 23.1 Å². The Morgan fingerprint density at radius 3 is 2.78 bits per heavy atom. The smallest absolute Gasteiger partial charge is 0.276 e. The van der Waals surface area contributed by atoms with Crippen LogP contribution in [0.25, 0.3) is 10.9 Å². The van der Waals surface area contributed by atoms with Crippen molar-refractivity contribution in [1.82, 2.24) is 24.2 Å². The van der Waals surface area contributed by atoms with Gasteiger partial charge >= 0.3 is 0 Å². The van der Waals surface area contributed by atoms with Gasteiger partial charge in [0.25, 0.3) is 12.3 Å². The van der Waals surface area contributed by atoms with Crippen molar-refractivity contribution < 1.29 is 23.1 Å². The number of hydrogen-bond donors (Lipinski definition) is 1. The Morgan fingerprint density at radius 2 is 2.16 bits per heavy atom. The predicted molar refractivity (Wildman–Crippen MR) is 110 cm³/mol. The summed E-state index contributed by atoms with van der Waals surface area (Å²) < 4.78 is 42.8. The lowest BCUT2D eigenvalue weighted by Crippen LogP contribution is -2.45. The quantitative estimate of drug-likeness (QED) is 0.634. The molecule has 0 saturated heterocycles. The molecule has 0 saturated carbocycles. The maximum Gasteiger partial charge on any atom is 0.276 e. The molecule has 32 heavy (non-hydrogen) atoms. The molecule has 1 aliphatic rings. The van der Waals surface area contributed by atoms with Crippen LogP contribution in [-0.4, -0.2) is 54.9 Å². The maximum atomic E-state index is 13.3. The van der Waals surface area contributed by atoms with E-state index in [0.29, 0.717) is 27.9 Å². The van der Waals surface area contributed by atoms with Crippen LogP contribution < -0.4 is 0 Å². The zero-order valence-corrected chi connectivity index (χ0v) is 18.0. The second-order valence-corrected chi connectivity index (χ2v) is 7.65. The van der Waals surface area contributed by atoms with Crippen molar-refractivity contribution in [1.29, 1.82) is 5.26 Å². The fourth-order valence-electron chi connectivity index (χ4n) is 4.03. The Morgan fingerprint density at radius 1 is 1.44 bits per heavy atom. The van der Waals surface area contributed by atoms with Gasteiger partial charge in [-0.2, -0.15) is 10.4 Å². The summed E-state index contributed by atoms with van der Waals surface area (Å²) in [6, 6.07) is 6.36. The second kappa shape index (κ2) is 8.44. The van der Waals surface area contributed by atoms with Crippen LogP contribution >= 0.6 is 12.4 Å². The number of rotatable bonds is 4. The summed E-state index contributed by atoms with van der Waals surface area (Å²) in [6.45, 7) is 0.190. The SMILES string of the molecule is CC1CN(C(=O)c2c3ccc(C#N)cc3nn2C)Cc2cnc(C(O)(CF)C(F)F)n21.Cl. The first-order chi connectivity index (χ1) is 14.7. The number of aromatic nitrogens is 4. The van der Waals surface area contributed by atoms with E-state index < -0.39 is 30.6 Å². The molecule has 4 rings (SSSR count). The largest absolute Gasteiger partial charge is 0.374 e. The third-order valence-corrected chi connectivity index (χ3v) is 5.56. The monoisotopic (exact) mass is 468 g/mol. The molecular formula is C20H20ClF3N6O2. The molecule has 0 spiro atoms. The van der Waals surface area contributed by atoms with Crippen molar-refractivity contribution in [2.45, 2.75) is 31.5 Å².